The first-order valence-corrected chi connectivity index (χ1v) is 11.9. The van der Waals surface area contributed by atoms with Crippen LogP contribution in [0.1, 0.15) is 31.8 Å². The molecule has 0 saturated carbocycles. The molecule has 1 saturated heterocycles. The van der Waals surface area contributed by atoms with E-state index >= 15 is 0 Å². The third-order valence-corrected chi connectivity index (χ3v) is 7.61. The van der Waals surface area contributed by atoms with E-state index in [4.69, 9.17) is 11.6 Å². The lowest BCUT2D eigenvalue weighted by atomic mass is 9.64. The van der Waals surface area contributed by atoms with E-state index < -0.39 is 22.9 Å². The van der Waals surface area contributed by atoms with E-state index in [1.54, 1.807) is 36.4 Å². The lowest BCUT2D eigenvalue weighted by molar-refractivity contribution is -0.118. The molecule has 3 aromatic carbocycles. The summed E-state index contributed by atoms with van der Waals surface area (Å²) in [5, 5.41) is 6.57. The molecule has 1 aliphatic carbocycles. The molecule has 1 spiro atoms. The maximum Gasteiger partial charge on any atom is 0.244 e. The van der Waals surface area contributed by atoms with Crippen molar-refractivity contribution in [3.63, 3.8) is 0 Å². The lowest BCUT2D eigenvalue weighted by Gasteiger charge is -2.39. The Hall–Kier alpha value is -4.23. The molecule has 3 aromatic rings. The maximum absolute atomic E-state index is 14.7. The van der Waals surface area contributed by atoms with Gasteiger partial charge in [0.2, 0.25) is 5.91 Å². The summed E-state index contributed by atoms with van der Waals surface area (Å²) in [5.41, 5.74) is 1.09. The molecule has 1 fully saturated rings. The van der Waals surface area contributed by atoms with E-state index in [1.165, 1.54) is 18.2 Å². The van der Waals surface area contributed by atoms with Gasteiger partial charge in [0.15, 0.2) is 11.6 Å². The van der Waals surface area contributed by atoms with Gasteiger partial charge in [0.25, 0.3) is 0 Å². The molecule has 176 valence electrons. The van der Waals surface area contributed by atoms with E-state index in [0.29, 0.717) is 52.0 Å². The van der Waals surface area contributed by atoms with E-state index in [9.17, 15) is 18.8 Å². The third kappa shape index (κ3) is 2.48. The molecule has 6 nitrogen and oxygen atoms in total. The molecular weight excluding hydrogens is 481 g/mol. The largest absolute Gasteiger partial charge is 0.369 e. The van der Waals surface area contributed by atoms with Crippen LogP contribution in [-0.4, -0.2) is 35.5 Å². The Balaban J connectivity index is 1.60. The topological polar surface area (TPSA) is 78.5 Å². The van der Waals surface area contributed by atoms with Crippen molar-refractivity contribution in [3.05, 3.63) is 117 Å². The van der Waals surface area contributed by atoms with Crippen LogP contribution >= 0.6 is 11.6 Å². The first-order valence-electron chi connectivity index (χ1n) is 11.5. The van der Waals surface area contributed by atoms with Crippen molar-refractivity contribution in [1.82, 2.24) is 10.2 Å². The molecule has 1 atom stereocenters. The Morgan fingerprint density at radius 2 is 1.75 bits per heavy atom. The Morgan fingerprint density at radius 3 is 2.53 bits per heavy atom. The minimum Gasteiger partial charge on any atom is -0.369 e. The summed E-state index contributed by atoms with van der Waals surface area (Å²) in [6, 6.07) is 17.5. The summed E-state index contributed by atoms with van der Waals surface area (Å²) in [7, 11) is 0. The summed E-state index contributed by atoms with van der Waals surface area (Å²) in [4.78, 5) is 44.3. The summed E-state index contributed by atoms with van der Waals surface area (Å²) < 4.78 is 14.7. The molecule has 0 radical (unpaired) electrons. The number of amides is 1. The molecular formula is C28H17ClFN3O3. The van der Waals surface area contributed by atoms with Crippen LogP contribution in [0.5, 0.6) is 0 Å². The number of halogens is 2. The zero-order chi connectivity index (χ0) is 24.8. The first kappa shape index (κ1) is 21.1. The molecule has 0 bridgehead atoms. The predicted molar refractivity (Wildman–Crippen MR) is 132 cm³/mol. The highest BCUT2D eigenvalue weighted by Gasteiger charge is 2.63. The Bertz CT molecular complexity index is 1630. The van der Waals surface area contributed by atoms with Crippen LogP contribution in [0.15, 0.2) is 83.7 Å². The van der Waals surface area contributed by atoms with Crippen LogP contribution in [-0.2, 0) is 10.2 Å². The van der Waals surface area contributed by atoms with Crippen LogP contribution in [0.2, 0.25) is 5.02 Å². The minimum atomic E-state index is -1.83. The maximum atomic E-state index is 14.7. The number of hydrogen-bond donors (Lipinski definition) is 2. The van der Waals surface area contributed by atoms with E-state index in [2.05, 4.69) is 10.6 Å². The van der Waals surface area contributed by atoms with Crippen LogP contribution in [0.4, 0.5) is 10.1 Å². The van der Waals surface area contributed by atoms with Crippen molar-refractivity contribution in [2.45, 2.75) is 5.41 Å². The van der Waals surface area contributed by atoms with Gasteiger partial charge in [-0.25, -0.2) is 4.39 Å². The highest BCUT2D eigenvalue weighted by molar-refractivity contribution is 6.33. The van der Waals surface area contributed by atoms with Crippen LogP contribution < -0.4 is 10.6 Å². The fraction of sp³-hybridized carbons (Fsp3) is 0.107. The van der Waals surface area contributed by atoms with Gasteiger partial charge in [-0.15, -0.1) is 0 Å². The number of anilines is 1. The smallest absolute Gasteiger partial charge is 0.244 e. The van der Waals surface area contributed by atoms with E-state index in [-0.39, 0.29) is 22.5 Å². The number of nitrogens with one attached hydrogen (secondary N) is 2. The Kier molecular flexibility index (Phi) is 4.19. The van der Waals surface area contributed by atoms with E-state index in [0.717, 1.165) is 0 Å². The molecule has 8 heteroatoms. The molecule has 0 aromatic heterocycles. The molecule has 3 heterocycles. The number of Topliss-reactive ketones (excluding diaryl/α,β-unsaturated/α-hetero) is 2. The second kappa shape index (κ2) is 7.15. The van der Waals surface area contributed by atoms with Gasteiger partial charge in [0, 0.05) is 51.6 Å². The van der Waals surface area contributed by atoms with Crippen molar-refractivity contribution in [2.24, 2.45) is 0 Å². The quantitative estimate of drug-likeness (QED) is 0.516. The average Bonchev–Trinajstić information content (AvgIpc) is 3.54. The number of carbonyl (C=O) groups excluding carboxylic acids is 3. The number of nitrogens with zero attached hydrogens (tertiary/aromatic N) is 1. The van der Waals surface area contributed by atoms with Gasteiger partial charge in [-0.3, -0.25) is 14.4 Å². The summed E-state index contributed by atoms with van der Waals surface area (Å²) in [6.07, 6.45) is 0. The molecule has 1 amide bonds. The summed E-state index contributed by atoms with van der Waals surface area (Å²) in [5.74, 6) is -1.47. The van der Waals surface area contributed by atoms with Crippen molar-refractivity contribution >= 4 is 40.5 Å². The standard InChI is InChI=1S/C28H17ClFN3O3/c29-15-7-5-14(6-8-15)24(34)22-26-31-11-12-33(26)23-17-3-1-2-4-18(17)25(35)21(23)28(22)19-13-16(30)9-10-20(19)32-27(28)36/h1-10,13,31H,11-12H2,(H,32,36)/t28-/m1/s1. The lowest BCUT2D eigenvalue weighted by Crippen LogP contribution is -2.48. The van der Waals surface area contributed by atoms with Gasteiger partial charge in [-0.2, -0.15) is 0 Å². The molecule has 0 unspecified atom stereocenters. The van der Waals surface area contributed by atoms with Gasteiger partial charge < -0.3 is 15.5 Å². The number of rotatable bonds is 2. The van der Waals surface area contributed by atoms with Crippen LogP contribution in [0.25, 0.3) is 5.70 Å². The number of fused-ring (bicyclic) bond motifs is 7. The zero-order valence-corrected chi connectivity index (χ0v) is 19.4. The zero-order valence-electron chi connectivity index (χ0n) is 18.7. The van der Waals surface area contributed by atoms with Gasteiger partial charge in [-0.05, 0) is 42.5 Å². The fourth-order valence-electron chi connectivity index (χ4n) is 5.93. The molecule has 7 rings (SSSR count). The molecule has 36 heavy (non-hydrogen) atoms. The normalized spacial score (nSPS) is 21.3. The fourth-order valence-corrected chi connectivity index (χ4v) is 6.06. The molecule has 4 aliphatic rings. The van der Waals surface area contributed by atoms with E-state index in [1.807, 2.05) is 17.0 Å². The monoisotopic (exact) mass is 497 g/mol. The Morgan fingerprint density at radius 1 is 1.00 bits per heavy atom. The highest BCUT2D eigenvalue weighted by atomic mass is 35.5. The van der Waals surface area contributed by atoms with Gasteiger partial charge in [0.05, 0.1) is 11.3 Å². The second-order valence-corrected chi connectivity index (χ2v) is 9.57. The average molecular weight is 498 g/mol. The number of ketones is 2. The number of benzene rings is 3. The highest BCUT2D eigenvalue weighted by Crippen LogP contribution is 2.58. The van der Waals surface area contributed by atoms with Crippen molar-refractivity contribution in [2.75, 3.05) is 18.4 Å². The molecule has 2 N–H and O–H groups in total. The van der Waals surface area contributed by atoms with Crippen LogP contribution in [0, 0.1) is 5.82 Å². The minimum absolute atomic E-state index is 0.101. The van der Waals surface area contributed by atoms with Crippen molar-refractivity contribution < 1.29 is 18.8 Å². The summed E-state index contributed by atoms with van der Waals surface area (Å²) >= 11 is 6.06. The van der Waals surface area contributed by atoms with Crippen molar-refractivity contribution in [1.29, 1.82) is 0 Å². The predicted octanol–water partition coefficient (Wildman–Crippen LogP) is 4.29. The first-order chi connectivity index (χ1) is 17.4. The Labute approximate surface area is 210 Å². The van der Waals surface area contributed by atoms with Crippen molar-refractivity contribution in [3.8, 4) is 0 Å². The van der Waals surface area contributed by atoms with Gasteiger partial charge in [0.1, 0.15) is 17.1 Å². The molecule has 3 aliphatic heterocycles. The SMILES string of the molecule is O=C(C1=C2NCCN2C2=C(C(=O)c3ccccc32)[C@@]12C(=O)Nc1ccc(F)cc12)c1ccc(Cl)cc1. The van der Waals surface area contributed by atoms with Crippen LogP contribution in [0.3, 0.4) is 0 Å². The second-order valence-electron chi connectivity index (χ2n) is 9.13. The van der Waals surface area contributed by atoms with Gasteiger partial charge in [-0.1, -0.05) is 35.9 Å². The number of carbonyl (C=O) groups is 3. The van der Waals surface area contributed by atoms with Gasteiger partial charge >= 0.3 is 0 Å². The third-order valence-electron chi connectivity index (χ3n) is 7.35. The number of hydrogen-bond acceptors (Lipinski definition) is 5. The summed E-state index contributed by atoms with van der Waals surface area (Å²) in [6.45, 7) is 1.01.